The number of carbonyl (C=O) groups is 2. The SMILES string of the molecule is C=C(Cl)COC(=O)[C@H](Cc1ccccc1)NC(=O)OCc1ccccc1. The van der Waals surface area contributed by atoms with Gasteiger partial charge in [0.05, 0.1) is 0 Å². The van der Waals surface area contributed by atoms with Crippen molar-refractivity contribution in [2.24, 2.45) is 0 Å². The van der Waals surface area contributed by atoms with Crippen molar-refractivity contribution in [1.82, 2.24) is 5.32 Å². The zero-order valence-corrected chi connectivity index (χ0v) is 14.9. The zero-order valence-electron chi connectivity index (χ0n) is 14.2. The number of halogens is 1. The first-order chi connectivity index (χ1) is 12.5. The van der Waals surface area contributed by atoms with Gasteiger partial charge in [-0.15, -0.1) is 0 Å². The second-order valence-electron chi connectivity index (χ2n) is 5.57. The van der Waals surface area contributed by atoms with Crippen molar-refractivity contribution in [3.05, 3.63) is 83.4 Å². The largest absolute Gasteiger partial charge is 0.458 e. The highest BCUT2D eigenvalue weighted by Crippen LogP contribution is 2.07. The van der Waals surface area contributed by atoms with E-state index in [9.17, 15) is 9.59 Å². The number of alkyl carbamates (subject to hydrolysis) is 1. The summed E-state index contributed by atoms with van der Waals surface area (Å²) in [7, 11) is 0. The number of amides is 1. The smallest absolute Gasteiger partial charge is 0.408 e. The molecule has 0 saturated heterocycles. The van der Waals surface area contributed by atoms with E-state index in [2.05, 4.69) is 11.9 Å². The predicted octanol–water partition coefficient (Wildman–Crippen LogP) is 3.82. The van der Waals surface area contributed by atoms with Crippen LogP contribution in [0.4, 0.5) is 4.79 Å². The van der Waals surface area contributed by atoms with Crippen LogP contribution in [0.25, 0.3) is 0 Å². The minimum Gasteiger partial charge on any atom is -0.458 e. The highest BCUT2D eigenvalue weighted by atomic mass is 35.5. The first-order valence-electron chi connectivity index (χ1n) is 8.05. The Morgan fingerprint density at radius 2 is 1.54 bits per heavy atom. The Labute approximate surface area is 157 Å². The monoisotopic (exact) mass is 373 g/mol. The van der Waals surface area contributed by atoms with Crippen molar-refractivity contribution in [2.75, 3.05) is 6.61 Å². The van der Waals surface area contributed by atoms with Gasteiger partial charge in [-0.2, -0.15) is 0 Å². The van der Waals surface area contributed by atoms with Crippen LogP contribution in [-0.2, 0) is 27.3 Å². The molecular formula is C20H20ClNO4. The van der Waals surface area contributed by atoms with Gasteiger partial charge in [0, 0.05) is 11.5 Å². The minimum atomic E-state index is -0.892. The average Bonchev–Trinajstić information content (AvgIpc) is 2.65. The number of rotatable bonds is 8. The maximum absolute atomic E-state index is 12.3. The lowest BCUT2D eigenvalue weighted by molar-refractivity contribution is -0.144. The number of hydrogen-bond donors (Lipinski definition) is 1. The van der Waals surface area contributed by atoms with Crippen molar-refractivity contribution in [1.29, 1.82) is 0 Å². The molecule has 0 heterocycles. The number of benzene rings is 2. The van der Waals surface area contributed by atoms with E-state index in [1.54, 1.807) is 0 Å². The van der Waals surface area contributed by atoms with Crippen LogP contribution < -0.4 is 5.32 Å². The Bertz CT molecular complexity index is 734. The van der Waals surface area contributed by atoms with E-state index >= 15 is 0 Å². The fourth-order valence-corrected chi connectivity index (χ4v) is 2.25. The first-order valence-corrected chi connectivity index (χ1v) is 8.43. The molecule has 0 aromatic heterocycles. The van der Waals surface area contributed by atoms with Gasteiger partial charge in [-0.1, -0.05) is 78.8 Å². The van der Waals surface area contributed by atoms with Crippen molar-refractivity contribution >= 4 is 23.7 Å². The topological polar surface area (TPSA) is 64.6 Å². The van der Waals surface area contributed by atoms with E-state index in [-0.39, 0.29) is 24.7 Å². The van der Waals surface area contributed by atoms with Crippen molar-refractivity contribution in [3.63, 3.8) is 0 Å². The standard InChI is InChI=1S/C20H20ClNO4/c1-15(21)13-25-19(23)18(12-16-8-4-2-5-9-16)22-20(24)26-14-17-10-6-3-7-11-17/h2-11,18H,1,12-14H2,(H,22,24)/t18-/m0/s1. The zero-order chi connectivity index (χ0) is 18.8. The molecule has 0 fully saturated rings. The van der Waals surface area contributed by atoms with Crippen molar-refractivity contribution in [3.8, 4) is 0 Å². The lowest BCUT2D eigenvalue weighted by Crippen LogP contribution is -2.43. The molecule has 0 aliphatic rings. The molecule has 0 saturated carbocycles. The second-order valence-corrected chi connectivity index (χ2v) is 6.11. The molecule has 1 N–H and O–H groups in total. The fraction of sp³-hybridized carbons (Fsp3) is 0.200. The molecule has 26 heavy (non-hydrogen) atoms. The van der Waals surface area contributed by atoms with Gasteiger partial charge in [0.1, 0.15) is 19.3 Å². The molecule has 2 rings (SSSR count). The molecule has 0 unspecified atom stereocenters. The first kappa shape index (κ1) is 19.5. The summed E-state index contributed by atoms with van der Waals surface area (Å²) in [5.74, 6) is -0.604. The number of nitrogens with one attached hydrogen (secondary N) is 1. The summed E-state index contributed by atoms with van der Waals surface area (Å²) in [6.07, 6.45) is -0.425. The Kier molecular flexibility index (Phi) is 7.71. The Morgan fingerprint density at radius 1 is 0.962 bits per heavy atom. The summed E-state index contributed by atoms with van der Waals surface area (Å²) in [5.41, 5.74) is 1.73. The van der Waals surface area contributed by atoms with Gasteiger partial charge < -0.3 is 14.8 Å². The number of carbonyl (C=O) groups excluding carboxylic acids is 2. The third-order valence-electron chi connectivity index (χ3n) is 3.44. The molecule has 2 aromatic rings. The number of hydrogen-bond acceptors (Lipinski definition) is 4. The summed E-state index contributed by atoms with van der Waals surface area (Å²) in [5, 5.41) is 2.75. The highest BCUT2D eigenvalue weighted by Gasteiger charge is 2.23. The third kappa shape index (κ3) is 6.99. The molecule has 1 amide bonds. The molecule has 0 aliphatic carbocycles. The van der Waals surface area contributed by atoms with Crippen LogP contribution in [0.5, 0.6) is 0 Å². The van der Waals surface area contributed by atoms with Gasteiger partial charge in [-0.25, -0.2) is 9.59 Å². The average molecular weight is 374 g/mol. The Hall–Kier alpha value is -2.79. The van der Waals surface area contributed by atoms with Crippen LogP contribution in [-0.4, -0.2) is 24.7 Å². The van der Waals surface area contributed by atoms with Gasteiger partial charge in [0.15, 0.2) is 0 Å². The van der Waals surface area contributed by atoms with Gasteiger partial charge in [0.25, 0.3) is 0 Å². The van der Waals surface area contributed by atoms with Crippen molar-refractivity contribution in [2.45, 2.75) is 19.1 Å². The molecule has 6 heteroatoms. The highest BCUT2D eigenvalue weighted by molar-refractivity contribution is 6.29. The molecule has 136 valence electrons. The maximum atomic E-state index is 12.3. The molecule has 0 bridgehead atoms. The van der Waals surface area contributed by atoms with Crippen molar-refractivity contribution < 1.29 is 19.1 Å². The van der Waals surface area contributed by atoms with E-state index in [0.717, 1.165) is 11.1 Å². The summed E-state index contributed by atoms with van der Waals surface area (Å²) >= 11 is 5.63. The van der Waals surface area contributed by atoms with Crippen LogP contribution in [0.2, 0.25) is 0 Å². The maximum Gasteiger partial charge on any atom is 0.408 e. The second kappa shape index (κ2) is 10.3. The van der Waals surface area contributed by atoms with E-state index in [0.29, 0.717) is 0 Å². The van der Waals surface area contributed by atoms with Crippen LogP contribution >= 0.6 is 11.6 Å². The van der Waals surface area contributed by atoms with Crippen LogP contribution in [0.1, 0.15) is 11.1 Å². The summed E-state index contributed by atoms with van der Waals surface area (Å²) < 4.78 is 10.2. The van der Waals surface area contributed by atoms with E-state index in [1.807, 2.05) is 60.7 Å². The predicted molar refractivity (Wildman–Crippen MR) is 99.6 cm³/mol. The molecule has 0 radical (unpaired) electrons. The van der Waals surface area contributed by atoms with Gasteiger partial charge in [-0.3, -0.25) is 0 Å². The number of esters is 1. The van der Waals surface area contributed by atoms with Crippen LogP contribution in [0.3, 0.4) is 0 Å². The molecule has 1 atom stereocenters. The molecule has 2 aromatic carbocycles. The Balaban J connectivity index is 1.96. The summed E-state index contributed by atoms with van der Waals surface area (Å²) in [6, 6.07) is 17.7. The molecule has 0 spiro atoms. The van der Waals surface area contributed by atoms with Gasteiger partial charge >= 0.3 is 12.1 Å². The Morgan fingerprint density at radius 3 is 2.12 bits per heavy atom. The fourth-order valence-electron chi connectivity index (χ4n) is 2.20. The minimum absolute atomic E-state index is 0.109. The van der Waals surface area contributed by atoms with E-state index in [1.165, 1.54) is 0 Å². The van der Waals surface area contributed by atoms with E-state index < -0.39 is 18.1 Å². The summed E-state index contributed by atoms with van der Waals surface area (Å²) in [4.78, 5) is 24.3. The number of ether oxygens (including phenoxy) is 2. The molecule has 5 nitrogen and oxygen atoms in total. The van der Waals surface area contributed by atoms with Gasteiger partial charge in [-0.05, 0) is 11.1 Å². The molecule has 0 aliphatic heterocycles. The van der Waals surface area contributed by atoms with E-state index in [4.69, 9.17) is 21.1 Å². The van der Waals surface area contributed by atoms with Gasteiger partial charge in [0.2, 0.25) is 0 Å². The summed E-state index contributed by atoms with van der Waals surface area (Å²) in [6.45, 7) is 3.46. The lowest BCUT2D eigenvalue weighted by Gasteiger charge is -2.17. The normalized spacial score (nSPS) is 11.3. The third-order valence-corrected chi connectivity index (χ3v) is 3.55. The molecular weight excluding hydrogens is 354 g/mol. The van der Waals surface area contributed by atoms with Crippen LogP contribution in [0, 0.1) is 0 Å². The lowest BCUT2D eigenvalue weighted by atomic mass is 10.1. The van der Waals surface area contributed by atoms with Crippen LogP contribution in [0.15, 0.2) is 72.3 Å². The quantitative estimate of drug-likeness (QED) is 0.714.